The molecule has 0 atom stereocenters. The minimum atomic E-state index is -0.0494. The second-order valence-corrected chi connectivity index (χ2v) is 4.35. The molecule has 0 aliphatic heterocycles. The molecule has 0 aromatic carbocycles. The third-order valence-electron chi connectivity index (χ3n) is 2.82. The first kappa shape index (κ1) is 14.2. The standard InChI is InChI=1S/C13H20N4O/c1-3-4-5-6-7-8-12(18)16-13-11(9-14)10-15-17(13)2/h10H,3-8H2,1-2H3,(H,16,18). The summed E-state index contributed by atoms with van der Waals surface area (Å²) in [5.41, 5.74) is 0.400. The van der Waals surface area contributed by atoms with E-state index < -0.39 is 0 Å². The van der Waals surface area contributed by atoms with Crippen molar-refractivity contribution in [2.24, 2.45) is 7.05 Å². The number of unbranched alkanes of at least 4 members (excludes halogenated alkanes) is 4. The van der Waals surface area contributed by atoms with Gasteiger partial charge < -0.3 is 5.32 Å². The van der Waals surface area contributed by atoms with Crippen LogP contribution in [0.1, 0.15) is 51.0 Å². The Hall–Kier alpha value is -1.83. The molecule has 1 N–H and O–H groups in total. The number of aryl methyl sites for hydroxylation is 1. The Morgan fingerprint density at radius 2 is 2.17 bits per heavy atom. The molecule has 1 aromatic heterocycles. The van der Waals surface area contributed by atoms with Crippen molar-refractivity contribution in [2.45, 2.75) is 45.4 Å². The Balaban J connectivity index is 2.36. The van der Waals surface area contributed by atoms with Gasteiger partial charge >= 0.3 is 0 Å². The molecule has 1 rings (SSSR count). The molecule has 0 bridgehead atoms. The Bertz CT molecular complexity index is 431. The lowest BCUT2D eigenvalue weighted by molar-refractivity contribution is -0.116. The summed E-state index contributed by atoms with van der Waals surface area (Å²) >= 11 is 0. The van der Waals surface area contributed by atoms with E-state index in [-0.39, 0.29) is 5.91 Å². The largest absolute Gasteiger partial charge is 0.310 e. The first-order valence-electron chi connectivity index (χ1n) is 6.41. The van der Waals surface area contributed by atoms with Crippen molar-refractivity contribution in [3.63, 3.8) is 0 Å². The van der Waals surface area contributed by atoms with E-state index in [9.17, 15) is 4.79 Å². The van der Waals surface area contributed by atoms with Gasteiger partial charge in [0.25, 0.3) is 0 Å². The maximum atomic E-state index is 11.7. The van der Waals surface area contributed by atoms with Gasteiger partial charge in [0.2, 0.25) is 5.91 Å². The second-order valence-electron chi connectivity index (χ2n) is 4.35. The average Bonchev–Trinajstić information content (AvgIpc) is 2.70. The third kappa shape index (κ3) is 4.21. The maximum absolute atomic E-state index is 11.7. The molecule has 0 spiro atoms. The van der Waals surface area contributed by atoms with Crippen molar-refractivity contribution < 1.29 is 4.79 Å². The molecule has 1 amide bonds. The molecular weight excluding hydrogens is 228 g/mol. The zero-order valence-electron chi connectivity index (χ0n) is 11.1. The molecule has 0 saturated heterocycles. The highest BCUT2D eigenvalue weighted by Crippen LogP contribution is 2.13. The van der Waals surface area contributed by atoms with Crippen LogP contribution in [0.4, 0.5) is 5.82 Å². The van der Waals surface area contributed by atoms with E-state index in [0.29, 0.717) is 17.8 Å². The topological polar surface area (TPSA) is 70.7 Å². The van der Waals surface area contributed by atoms with Crippen LogP contribution in [0, 0.1) is 11.3 Å². The van der Waals surface area contributed by atoms with Gasteiger partial charge in [0.05, 0.1) is 6.20 Å². The molecular formula is C13H20N4O. The highest BCUT2D eigenvalue weighted by molar-refractivity contribution is 5.91. The lowest BCUT2D eigenvalue weighted by Gasteiger charge is -2.05. The summed E-state index contributed by atoms with van der Waals surface area (Å²) in [6, 6.07) is 2.01. The van der Waals surface area contributed by atoms with Crippen LogP contribution in [-0.2, 0) is 11.8 Å². The van der Waals surface area contributed by atoms with Gasteiger partial charge in [-0.2, -0.15) is 10.4 Å². The molecule has 18 heavy (non-hydrogen) atoms. The minimum absolute atomic E-state index is 0.0494. The number of nitrogens with zero attached hydrogens (tertiary/aromatic N) is 3. The normalized spacial score (nSPS) is 10.1. The monoisotopic (exact) mass is 248 g/mol. The van der Waals surface area contributed by atoms with Crippen LogP contribution < -0.4 is 5.32 Å². The molecule has 0 unspecified atom stereocenters. The highest BCUT2D eigenvalue weighted by atomic mass is 16.1. The van der Waals surface area contributed by atoms with E-state index in [1.807, 2.05) is 6.07 Å². The molecule has 5 heteroatoms. The number of hydrogen-bond acceptors (Lipinski definition) is 3. The van der Waals surface area contributed by atoms with Crippen LogP contribution in [0.5, 0.6) is 0 Å². The van der Waals surface area contributed by atoms with Gasteiger partial charge in [0, 0.05) is 13.5 Å². The number of nitrogens with one attached hydrogen (secondary N) is 1. The Labute approximate surface area is 108 Å². The van der Waals surface area contributed by atoms with Crippen molar-refractivity contribution in [3.8, 4) is 6.07 Å². The Morgan fingerprint density at radius 1 is 1.44 bits per heavy atom. The van der Waals surface area contributed by atoms with Crippen molar-refractivity contribution in [1.82, 2.24) is 9.78 Å². The second kappa shape index (κ2) is 7.49. The number of nitriles is 1. The molecule has 1 aromatic rings. The molecule has 0 aliphatic carbocycles. The van der Waals surface area contributed by atoms with Gasteiger partial charge in [-0.05, 0) is 6.42 Å². The van der Waals surface area contributed by atoms with Crippen LogP contribution in [0.15, 0.2) is 6.20 Å². The molecule has 98 valence electrons. The number of hydrogen-bond donors (Lipinski definition) is 1. The third-order valence-corrected chi connectivity index (χ3v) is 2.82. The summed E-state index contributed by atoms with van der Waals surface area (Å²) in [4.78, 5) is 11.7. The van der Waals surface area contributed by atoms with Gasteiger partial charge in [-0.3, -0.25) is 9.48 Å². The fourth-order valence-corrected chi connectivity index (χ4v) is 1.75. The fourth-order valence-electron chi connectivity index (χ4n) is 1.75. The van der Waals surface area contributed by atoms with E-state index in [1.165, 1.54) is 30.1 Å². The number of aromatic nitrogens is 2. The van der Waals surface area contributed by atoms with E-state index in [1.54, 1.807) is 7.05 Å². The predicted molar refractivity (Wildman–Crippen MR) is 69.9 cm³/mol. The minimum Gasteiger partial charge on any atom is -0.310 e. The van der Waals surface area contributed by atoms with Gasteiger partial charge in [-0.25, -0.2) is 0 Å². The first-order chi connectivity index (χ1) is 8.69. The van der Waals surface area contributed by atoms with E-state index in [2.05, 4.69) is 17.3 Å². The Kier molecular flexibility index (Phi) is 5.92. The number of rotatable bonds is 7. The highest BCUT2D eigenvalue weighted by Gasteiger charge is 2.10. The molecule has 0 aliphatic rings. The Morgan fingerprint density at radius 3 is 2.83 bits per heavy atom. The summed E-state index contributed by atoms with van der Waals surface area (Å²) in [7, 11) is 1.71. The van der Waals surface area contributed by atoms with Crippen LogP contribution in [0.3, 0.4) is 0 Å². The fraction of sp³-hybridized carbons (Fsp3) is 0.615. The maximum Gasteiger partial charge on any atom is 0.225 e. The van der Waals surface area contributed by atoms with Crippen LogP contribution in [0.2, 0.25) is 0 Å². The smallest absolute Gasteiger partial charge is 0.225 e. The average molecular weight is 248 g/mol. The van der Waals surface area contributed by atoms with Crippen LogP contribution in [-0.4, -0.2) is 15.7 Å². The number of anilines is 1. The zero-order chi connectivity index (χ0) is 13.4. The van der Waals surface area contributed by atoms with Crippen molar-refractivity contribution in [3.05, 3.63) is 11.8 Å². The molecule has 5 nitrogen and oxygen atoms in total. The van der Waals surface area contributed by atoms with E-state index in [0.717, 1.165) is 12.8 Å². The van der Waals surface area contributed by atoms with Crippen LogP contribution >= 0.6 is 0 Å². The summed E-state index contributed by atoms with van der Waals surface area (Å²) in [6.07, 6.45) is 7.54. The molecule has 0 saturated carbocycles. The quantitative estimate of drug-likeness (QED) is 0.754. The summed E-state index contributed by atoms with van der Waals surface area (Å²) in [5, 5.41) is 15.5. The van der Waals surface area contributed by atoms with Gasteiger partial charge in [0.1, 0.15) is 17.5 Å². The summed E-state index contributed by atoms with van der Waals surface area (Å²) < 4.78 is 1.51. The van der Waals surface area contributed by atoms with E-state index >= 15 is 0 Å². The van der Waals surface area contributed by atoms with Crippen LogP contribution in [0.25, 0.3) is 0 Å². The zero-order valence-corrected chi connectivity index (χ0v) is 11.1. The van der Waals surface area contributed by atoms with Crippen molar-refractivity contribution in [1.29, 1.82) is 5.26 Å². The molecule has 0 radical (unpaired) electrons. The van der Waals surface area contributed by atoms with Crippen molar-refractivity contribution >= 4 is 11.7 Å². The van der Waals surface area contributed by atoms with Crippen molar-refractivity contribution in [2.75, 3.05) is 5.32 Å². The SMILES string of the molecule is CCCCCCCC(=O)Nc1c(C#N)cnn1C. The van der Waals surface area contributed by atoms with Gasteiger partial charge in [-0.1, -0.05) is 32.6 Å². The first-order valence-corrected chi connectivity index (χ1v) is 6.41. The lowest BCUT2D eigenvalue weighted by Crippen LogP contribution is -2.14. The molecule has 1 heterocycles. The van der Waals surface area contributed by atoms with Gasteiger partial charge in [0.15, 0.2) is 0 Å². The number of carbonyl (C=O) groups is 1. The lowest BCUT2D eigenvalue weighted by atomic mass is 10.1. The number of carbonyl (C=O) groups excluding carboxylic acids is 1. The predicted octanol–water partition coefficient (Wildman–Crippen LogP) is 2.59. The molecule has 0 fully saturated rings. The summed E-state index contributed by atoms with van der Waals surface area (Å²) in [6.45, 7) is 2.17. The van der Waals surface area contributed by atoms with Gasteiger partial charge in [-0.15, -0.1) is 0 Å². The summed E-state index contributed by atoms with van der Waals surface area (Å²) in [5.74, 6) is 0.433. The number of amides is 1. The van der Waals surface area contributed by atoms with E-state index in [4.69, 9.17) is 5.26 Å².